The summed E-state index contributed by atoms with van der Waals surface area (Å²) >= 11 is 0. The molecule has 0 aliphatic carbocycles. The lowest BCUT2D eigenvalue weighted by Gasteiger charge is -2.36. The number of rotatable bonds is 6. The highest BCUT2D eigenvalue weighted by atomic mass is 16.5. The van der Waals surface area contributed by atoms with Crippen LogP contribution in [0.4, 0.5) is 0 Å². The molecule has 0 saturated carbocycles. The maximum Gasteiger partial charge on any atom is 0.306 e. The zero-order chi connectivity index (χ0) is 15.2. The minimum absolute atomic E-state index is 0.167. The van der Waals surface area contributed by atoms with Crippen LogP contribution in [0.2, 0.25) is 0 Å². The monoisotopic (exact) mass is 291 g/mol. The molecule has 0 spiro atoms. The van der Waals surface area contributed by atoms with Crippen molar-refractivity contribution in [2.75, 3.05) is 19.7 Å². The van der Waals surface area contributed by atoms with Gasteiger partial charge in [0.2, 0.25) is 0 Å². The first-order valence-electron chi connectivity index (χ1n) is 7.72. The zero-order valence-corrected chi connectivity index (χ0v) is 12.9. The van der Waals surface area contributed by atoms with Gasteiger partial charge in [0.15, 0.2) is 0 Å². The summed E-state index contributed by atoms with van der Waals surface area (Å²) in [5, 5.41) is 9.07. The molecule has 0 radical (unpaired) electrons. The van der Waals surface area contributed by atoms with Gasteiger partial charge in [-0.2, -0.15) is 0 Å². The van der Waals surface area contributed by atoms with Gasteiger partial charge in [-0.3, -0.25) is 4.79 Å². The number of carboxylic acid groups (broad SMARTS) is 1. The summed E-state index contributed by atoms with van der Waals surface area (Å²) in [6, 6.07) is 8.43. The molecule has 2 atom stereocenters. The maximum absolute atomic E-state index is 11.0. The Bertz CT molecular complexity index is 475. The van der Waals surface area contributed by atoms with Gasteiger partial charge < -0.3 is 14.7 Å². The van der Waals surface area contributed by atoms with E-state index in [4.69, 9.17) is 9.84 Å². The number of piperidine rings is 1. The molecule has 1 fully saturated rings. The standard InChI is InChI=1S/C17H25NO3/c1-13-5-3-6-16(11-13)21-10-4-8-18-9-7-15(17(19)20)12-14(18)2/h3,5-6,11,14-15H,4,7-10,12H2,1-2H3,(H,19,20). The van der Waals surface area contributed by atoms with Crippen molar-refractivity contribution >= 4 is 5.97 Å². The van der Waals surface area contributed by atoms with Crippen molar-refractivity contribution in [1.29, 1.82) is 0 Å². The van der Waals surface area contributed by atoms with E-state index in [1.54, 1.807) is 0 Å². The van der Waals surface area contributed by atoms with Gasteiger partial charge in [0.25, 0.3) is 0 Å². The summed E-state index contributed by atoms with van der Waals surface area (Å²) in [5.41, 5.74) is 1.21. The Kier molecular flexibility index (Phi) is 5.62. The fraction of sp³-hybridized carbons (Fsp3) is 0.588. The van der Waals surface area contributed by atoms with Crippen molar-refractivity contribution in [2.45, 2.75) is 39.2 Å². The van der Waals surface area contributed by atoms with Gasteiger partial charge in [-0.25, -0.2) is 0 Å². The summed E-state index contributed by atoms with van der Waals surface area (Å²) in [7, 11) is 0. The molecule has 1 aliphatic heterocycles. The normalized spacial score (nSPS) is 23.0. The molecule has 1 N–H and O–H groups in total. The molecule has 2 unspecified atom stereocenters. The van der Waals surface area contributed by atoms with Gasteiger partial charge in [0.05, 0.1) is 12.5 Å². The van der Waals surface area contributed by atoms with Crippen molar-refractivity contribution < 1.29 is 14.6 Å². The van der Waals surface area contributed by atoms with E-state index in [9.17, 15) is 4.79 Å². The number of hydrogen-bond donors (Lipinski definition) is 1. The second-order valence-corrected chi connectivity index (χ2v) is 5.96. The van der Waals surface area contributed by atoms with Crippen LogP contribution in [-0.4, -0.2) is 41.7 Å². The summed E-state index contributed by atoms with van der Waals surface area (Å²) in [6.07, 6.45) is 2.49. The molecule has 1 heterocycles. The Balaban J connectivity index is 1.68. The number of likely N-dealkylation sites (tertiary alicyclic amines) is 1. The molecule has 2 rings (SSSR count). The molecule has 1 aromatic rings. The molecule has 1 saturated heterocycles. The lowest BCUT2D eigenvalue weighted by Crippen LogP contribution is -2.43. The van der Waals surface area contributed by atoms with Crippen LogP contribution in [0.3, 0.4) is 0 Å². The molecular weight excluding hydrogens is 266 g/mol. The fourth-order valence-corrected chi connectivity index (χ4v) is 2.94. The van der Waals surface area contributed by atoms with E-state index in [1.807, 2.05) is 18.2 Å². The van der Waals surface area contributed by atoms with Crippen LogP contribution < -0.4 is 4.74 Å². The number of hydrogen-bond acceptors (Lipinski definition) is 3. The second kappa shape index (κ2) is 7.46. The topological polar surface area (TPSA) is 49.8 Å². The van der Waals surface area contributed by atoms with Gasteiger partial charge in [0, 0.05) is 12.6 Å². The fourth-order valence-electron chi connectivity index (χ4n) is 2.94. The first kappa shape index (κ1) is 15.8. The van der Waals surface area contributed by atoms with Gasteiger partial charge in [-0.05, 0) is 57.4 Å². The molecule has 4 heteroatoms. The van der Waals surface area contributed by atoms with Crippen molar-refractivity contribution in [3.05, 3.63) is 29.8 Å². The summed E-state index contributed by atoms with van der Waals surface area (Å²) in [6.45, 7) is 6.73. The number of aliphatic carboxylic acids is 1. The largest absolute Gasteiger partial charge is 0.494 e. The van der Waals surface area contributed by atoms with E-state index in [-0.39, 0.29) is 5.92 Å². The minimum Gasteiger partial charge on any atom is -0.494 e. The third-order valence-corrected chi connectivity index (χ3v) is 4.21. The number of aryl methyl sites for hydroxylation is 1. The highest BCUT2D eigenvalue weighted by molar-refractivity contribution is 5.70. The Hall–Kier alpha value is -1.55. The van der Waals surface area contributed by atoms with Crippen molar-refractivity contribution in [1.82, 2.24) is 4.90 Å². The predicted octanol–water partition coefficient (Wildman–Crippen LogP) is 2.95. The Morgan fingerprint density at radius 2 is 2.29 bits per heavy atom. The molecule has 4 nitrogen and oxygen atoms in total. The van der Waals surface area contributed by atoms with Crippen LogP contribution in [0.1, 0.15) is 31.7 Å². The third-order valence-electron chi connectivity index (χ3n) is 4.21. The zero-order valence-electron chi connectivity index (χ0n) is 12.9. The van der Waals surface area contributed by atoms with E-state index < -0.39 is 5.97 Å². The number of benzene rings is 1. The smallest absolute Gasteiger partial charge is 0.306 e. The molecule has 21 heavy (non-hydrogen) atoms. The molecule has 116 valence electrons. The molecular formula is C17H25NO3. The highest BCUT2D eigenvalue weighted by Crippen LogP contribution is 2.23. The minimum atomic E-state index is -0.649. The van der Waals surface area contributed by atoms with Crippen molar-refractivity contribution in [3.8, 4) is 5.75 Å². The third kappa shape index (κ3) is 4.74. The highest BCUT2D eigenvalue weighted by Gasteiger charge is 2.29. The quantitative estimate of drug-likeness (QED) is 0.819. The lowest BCUT2D eigenvalue weighted by molar-refractivity contribution is -0.144. The SMILES string of the molecule is Cc1cccc(OCCCN2CCC(C(=O)O)CC2C)c1. The van der Waals surface area contributed by atoms with E-state index in [2.05, 4.69) is 24.8 Å². The van der Waals surface area contributed by atoms with Gasteiger partial charge in [-0.1, -0.05) is 12.1 Å². The molecule has 0 bridgehead atoms. The number of ether oxygens (including phenoxy) is 1. The van der Waals surface area contributed by atoms with Crippen LogP contribution in [0.15, 0.2) is 24.3 Å². The predicted molar refractivity (Wildman–Crippen MR) is 82.7 cm³/mol. The van der Waals surface area contributed by atoms with Gasteiger partial charge in [-0.15, -0.1) is 0 Å². The number of nitrogens with zero attached hydrogens (tertiary/aromatic N) is 1. The maximum atomic E-state index is 11.0. The lowest BCUT2D eigenvalue weighted by atomic mass is 9.92. The van der Waals surface area contributed by atoms with Gasteiger partial charge >= 0.3 is 5.97 Å². The van der Waals surface area contributed by atoms with E-state index in [0.29, 0.717) is 12.6 Å². The van der Waals surface area contributed by atoms with Crippen LogP contribution in [0.25, 0.3) is 0 Å². The van der Waals surface area contributed by atoms with Crippen molar-refractivity contribution in [3.63, 3.8) is 0 Å². The summed E-state index contributed by atoms with van der Waals surface area (Å²) < 4.78 is 5.75. The summed E-state index contributed by atoms with van der Waals surface area (Å²) in [5.74, 6) is 0.108. The second-order valence-electron chi connectivity index (χ2n) is 5.96. The van der Waals surface area contributed by atoms with Crippen LogP contribution >= 0.6 is 0 Å². The van der Waals surface area contributed by atoms with Crippen LogP contribution in [-0.2, 0) is 4.79 Å². The molecule has 0 aromatic heterocycles. The Morgan fingerprint density at radius 3 is 2.95 bits per heavy atom. The Labute approximate surface area is 126 Å². The number of carbonyl (C=O) groups is 1. The van der Waals surface area contributed by atoms with Crippen molar-refractivity contribution in [2.24, 2.45) is 5.92 Å². The van der Waals surface area contributed by atoms with E-state index in [0.717, 1.165) is 38.1 Å². The average molecular weight is 291 g/mol. The average Bonchev–Trinajstić information content (AvgIpc) is 2.45. The van der Waals surface area contributed by atoms with Gasteiger partial charge in [0.1, 0.15) is 5.75 Å². The van der Waals surface area contributed by atoms with E-state index in [1.165, 1.54) is 5.56 Å². The van der Waals surface area contributed by atoms with Crippen LogP contribution in [0.5, 0.6) is 5.75 Å². The van der Waals surface area contributed by atoms with E-state index >= 15 is 0 Å². The molecule has 1 aromatic carbocycles. The molecule has 0 amide bonds. The summed E-state index contributed by atoms with van der Waals surface area (Å²) in [4.78, 5) is 13.4. The molecule has 1 aliphatic rings. The number of carboxylic acids is 1. The first-order chi connectivity index (χ1) is 10.1. The first-order valence-corrected chi connectivity index (χ1v) is 7.72. The van der Waals surface area contributed by atoms with Crippen LogP contribution in [0, 0.1) is 12.8 Å². The Morgan fingerprint density at radius 1 is 1.48 bits per heavy atom.